The predicted molar refractivity (Wildman–Crippen MR) is 233 cm³/mol. The fourth-order valence-electron chi connectivity index (χ4n) is 8.36. The number of carbonyl (C=O) groups is 3. The van der Waals surface area contributed by atoms with Crippen molar-refractivity contribution in [3.63, 3.8) is 0 Å². The van der Waals surface area contributed by atoms with Crippen molar-refractivity contribution in [3.05, 3.63) is 72.1 Å². The van der Waals surface area contributed by atoms with Gasteiger partial charge >= 0.3 is 0 Å². The van der Waals surface area contributed by atoms with Crippen LogP contribution in [0.25, 0.3) is 22.2 Å². The van der Waals surface area contributed by atoms with Gasteiger partial charge in [0.05, 0.1) is 22.9 Å². The molecule has 2 aromatic carbocycles. The second-order valence-corrected chi connectivity index (χ2v) is 19.5. The number of amides is 3. The van der Waals surface area contributed by atoms with Crippen molar-refractivity contribution in [3.8, 4) is 17.0 Å². The topological polar surface area (TPSA) is 172 Å². The maximum atomic E-state index is 14.6. The van der Waals surface area contributed by atoms with Crippen molar-refractivity contribution >= 4 is 38.6 Å². The van der Waals surface area contributed by atoms with E-state index in [1.54, 1.807) is 32.1 Å². The van der Waals surface area contributed by atoms with Gasteiger partial charge in [0.15, 0.2) is 0 Å². The molecular weight excluding hydrogens is 786 g/mol. The predicted octanol–water partition coefficient (Wildman–Crippen LogP) is 7.02. The van der Waals surface area contributed by atoms with Crippen molar-refractivity contribution < 1.29 is 37.0 Å². The lowest BCUT2D eigenvalue weighted by molar-refractivity contribution is -0.140. The number of hydrogen-bond acceptors (Lipinski definition) is 9. The average molecular weight is 850 g/mol. The maximum absolute atomic E-state index is 14.6. The summed E-state index contributed by atoms with van der Waals surface area (Å²) in [6, 6.07) is 11.9. The summed E-state index contributed by atoms with van der Waals surface area (Å²) in [5.74, 6) is -1.51. The van der Waals surface area contributed by atoms with E-state index in [0.717, 1.165) is 53.1 Å². The molecule has 8 rings (SSSR count). The van der Waals surface area contributed by atoms with Gasteiger partial charge in [0, 0.05) is 36.0 Å². The largest absolute Gasteiger partial charge is 0.483 e. The zero-order valence-electron chi connectivity index (χ0n) is 36.5. The lowest BCUT2D eigenvalue weighted by Gasteiger charge is -2.37. The quantitative estimate of drug-likeness (QED) is 0.185. The van der Waals surface area contributed by atoms with Crippen LogP contribution in [0, 0.1) is 17.7 Å². The number of aliphatic hydroxyl groups excluding tert-OH is 1. The SMILES string of the molecule is CC.CC(C)C.CO.C[C@H]1/C=C\CCCCC[C@H](N)C(=O)N2C[C@@]3(CCc4c(c(-c5cccc(F)c5)nc5ccccc45)O3)CC2C(=O)N[C@@]12C(=O)N2S(=O)(=O)C1(C)CC1. The normalized spacial score (nSPS) is 27.7. The Labute approximate surface area is 355 Å². The zero-order chi connectivity index (χ0) is 44.2. The number of nitrogens with one attached hydrogen (secondary N) is 1. The first-order valence-electron chi connectivity index (χ1n) is 21.5. The van der Waals surface area contributed by atoms with Crippen LogP contribution in [0.3, 0.4) is 0 Å². The number of rotatable bonds is 3. The van der Waals surface area contributed by atoms with Gasteiger partial charge in [-0.1, -0.05) is 96.9 Å². The monoisotopic (exact) mass is 849 g/mol. The number of aliphatic hydroxyl groups is 1. The summed E-state index contributed by atoms with van der Waals surface area (Å²) in [5, 5.41) is 10.8. The van der Waals surface area contributed by atoms with Crippen LogP contribution >= 0.6 is 0 Å². The summed E-state index contributed by atoms with van der Waals surface area (Å²) >= 11 is 0. The van der Waals surface area contributed by atoms with Crippen LogP contribution in [0.1, 0.15) is 112 Å². The third kappa shape index (κ3) is 8.97. The van der Waals surface area contributed by atoms with Gasteiger partial charge < -0.3 is 25.8 Å². The average Bonchev–Trinajstić information content (AvgIpc) is 4.09. The van der Waals surface area contributed by atoms with Gasteiger partial charge in [0.2, 0.25) is 27.5 Å². The van der Waals surface area contributed by atoms with E-state index < -0.39 is 67.6 Å². The molecule has 1 aliphatic carbocycles. The first-order valence-corrected chi connectivity index (χ1v) is 22.9. The Kier molecular flexibility index (Phi) is 14.5. The smallest absolute Gasteiger partial charge is 0.287 e. The number of allylic oxidation sites excluding steroid dienone is 1. The molecule has 60 heavy (non-hydrogen) atoms. The first kappa shape index (κ1) is 46.7. The standard InChI is InChI=1S/C39H44FN5O6S.C4H10.C2H6.CH4O/c1-24-11-6-4-3-5-7-15-29(41)35(47)44-23-38(22-31(44)34(46)43-39(24)36(48)45(39)52(49,50)37(2)19-20-37)18-17-28-27-14-8-9-16-30(27)42-32(33(28)51-38)25-12-10-13-26(40)21-25;1-4(2)3;2*1-2/h6,8-14,16,21,24,29,31H,3-5,7,15,17-20,22-23,41H2,1-2H3,(H,43,46);4H,1-3H3;1-2H3;2H,1H3/b11-6-;;;/t24-,29-,31?,38+,39-,45?;;;/m0.../s1. The third-order valence-corrected chi connectivity index (χ3v) is 14.5. The molecule has 3 fully saturated rings. The molecule has 5 heterocycles. The molecular formula is C46H64FN5O7S. The van der Waals surface area contributed by atoms with Crippen LogP contribution in [-0.4, -0.2) is 87.2 Å². The van der Waals surface area contributed by atoms with Crippen molar-refractivity contribution in [1.29, 1.82) is 0 Å². The number of sulfonamides is 1. The second-order valence-electron chi connectivity index (χ2n) is 17.2. The minimum atomic E-state index is -4.07. The van der Waals surface area contributed by atoms with Gasteiger partial charge in [0.1, 0.15) is 28.9 Å². The van der Waals surface area contributed by atoms with E-state index in [9.17, 15) is 27.2 Å². The summed E-state index contributed by atoms with van der Waals surface area (Å²) in [7, 11) is -3.07. The molecule has 2 saturated heterocycles. The highest BCUT2D eigenvalue weighted by molar-refractivity contribution is 7.91. The molecule has 1 saturated carbocycles. The van der Waals surface area contributed by atoms with Gasteiger partial charge in [-0.3, -0.25) is 14.4 Å². The molecule has 14 heteroatoms. The summed E-state index contributed by atoms with van der Waals surface area (Å²) in [6.07, 6.45) is 9.19. The Morgan fingerprint density at radius 3 is 2.35 bits per heavy atom. The number of hydrogen-bond donors (Lipinski definition) is 3. The summed E-state index contributed by atoms with van der Waals surface area (Å²) in [4.78, 5) is 48.9. The van der Waals surface area contributed by atoms with E-state index in [0.29, 0.717) is 55.5 Å². The van der Waals surface area contributed by atoms with Crippen molar-refractivity contribution in [2.45, 2.75) is 141 Å². The van der Waals surface area contributed by atoms with Crippen LogP contribution in [0.2, 0.25) is 0 Å². The lowest BCUT2D eigenvalue weighted by atomic mass is 9.86. The number of fused-ring (bicyclic) bond motifs is 4. The van der Waals surface area contributed by atoms with Gasteiger partial charge in [-0.15, -0.1) is 0 Å². The molecule has 3 aromatic rings. The Bertz CT molecular complexity index is 2190. The van der Waals surface area contributed by atoms with Crippen LogP contribution in [-0.2, 0) is 30.8 Å². The number of ether oxygens (including phenoxy) is 1. The fourth-order valence-corrected chi connectivity index (χ4v) is 10.4. The van der Waals surface area contributed by atoms with E-state index in [-0.39, 0.29) is 13.0 Å². The molecule has 5 atom stereocenters. The molecule has 1 unspecified atom stereocenters. The number of halogens is 1. The molecule has 4 aliphatic heterocycles. The van der Waals surface area contributed by atoms with E-state index in [4.69, 9.17) is 20.6 Å². The first-order chi connectivity index (χ1) is 28.5. The Morgan fingerprint density at radius 1 is 1.00 bits per heavy atom. The van der Waals surface area contributed by atoms with E-state index in [1.807, 2.05) is 44.2 Å². The molecule has 4 N–H and O–H groups in total. The minimum absolute atomic E-state index is 0.0446. The zero-order valence-corrected chi connectivity index (χ0v) is 37.3. The van der Waals surface area contributed by atoms with Gasteiger partial charge in [0.25, 0.3) is 5.91 Å². The Balaban J connectivity index is 0.000000796. The number of aromatic nitrogens is 1. The molecule has 12 nitrogen and oxygen atoms in total. The molecule has 2 spiro atoms. The Hall–Kier alpha value is -4.40. The highest BCUT2D eigenvalue weighted by atomic mass is 32.2. The van der Waals surface area contributed by atoms with Crippen LogP contribution in [0.15, 0.2) is 60.7 Å². The lowest BCUT2D eigenvalue weighted by Crippen LogP contribution is -2.56. The number of nitrogens with zero attached hydrogens (tertiary/aromatic N) is 3. The molecule has 5 aliphatic rings. The van der Waals surface area contributed by atoms with Crippen LogP contribution < -0.4 is 15.8 Å². The van der Waals surface area contributed by atoms with Crippen LogP contribution in [0.5, 0.6) is 5.75 Å². The molecule has 1 aromatic heterocycles. The van der Waals surface area contributed by atoms with Crippen molar-refractivity contribution in [1.82, 2.24) is 19.5 Å². The highest BCUT2D eigenvalue weighted by Gasteiger charge is 2.76. The number of para-hydroxylation sites is 1. The minimum Gasteiger partial charge on any atom is -0.483 e. The molecule has 328 valence electrons. The number of carbonyl (C=O) groups excluding carboxylic acids is 3. The summed E-state index contributed by atoms with van der Waals surface area (Å²) in [6.45, 7) is 13.9. The summed E-state index contributed by atoms with van der Waals surface area (Å²) in [5.41, 5.74) is 6.30. The van der Waals surface area contributed by atoms with Crippen molar-refractivity contribution in [2.75, 3.05) is 13.7 Å². The molecule has 0 radical (unpaired) electrons. The van der Waals surface area contributed by atoms with Crippen LogP contribution in [0.4, 0.5) is 4.39 Å². The second kappa shape index (κ2) is 18.7. The number of benzene rings is 2. The van der Waals surface area contributed by atoms with Gasteiger partial charge in [-0.2, -0.15) is 0 Å². The van der Waals surface area contributed by atoms with E-state index in [2.05, 4.69) is 26.1 Å². The van der Waals surface area contributed by atoms with Gasteiger partial charge in [-0.25, -0.2) is 22.1 Å². The third-order valence-electron chi connectivity index (χ3n) is 11.9. The van der Waals surface area contributed by atoms with E-state index in [1.165, 1.54) is 17.0 Å². The summed E-state index contributed by atoms with van der Waals surface area (Å²) < 4.78 is 48.8. The molecule has 0 bridgehead atoms. The number of nitrogens with two attached hydrogens (primary N) is 1. The maximum Gasteiger partial charge on any atom is 0.287 e. The van der Waals surface area contributed by atoms with Crippen molar-refractivity contribution in [2.24, 2.45) is 17.6 Å². The number of aryl methyl sites for hydroxylation is 1. The fraction of sp³-hybridized carbons (Fsp3) is 0.565. The van der Waals surface area contributed by atoms with E-state index >= 15 is 0 Å². The van der Waals surface area contributed by atoms with Gasteiger partial charge in [-0.05, 0) is 76.0 Å². The molecule has 3 amide bonds. The number of pyridine rings is 1. The Morgan fingerprint density at radius 2 is 1.68 bits per heavy atom. The highest BCUT2D eigenvalue weighted by Crippen LogP contribution is 2.53.